The van der Waals surface area contributed by atoms with Crippen LogP contribution in [0.25, 0.3) is 10.9 Å². The number of hydrogen-bond acceptors (Lipinski definition) is 3. The molecule has 1 fully saturated rings. The number of aromatic amines is 1. The van der Waals surface area contributed by atoms with Crippen LogP contribution in [0.3, 0.4) is 0 Å². The van der Waals surface area contributed by atoms with Crippen molar-refractivity contribution in [1.29, 1.82) is 0 Å². The lowest BCUT2D eigenvalue weighted by Crippen LogP contribution is -2.40. The van der Waals surface area contributed by atoms with Gasteiger partial charge in [-0.3, -0.25) is 14.5 Å². The van der Waals surface area contributed by atoms with E-state index < -0.39 is 12.1 Å². The monoisotopic (exact) mass is 432 g/mol. The second-order valence-electron chi connectivity index (χ2n) is 8.30. The zero-order valence-corrected chi connectivity index (χ0v) is 18.1. The molecule has 0 bridgehead atoms. The predicted octanol–water partition coefficient (Wildman–Crippen LogP) is 3.16. The normalized spacial score (nSPS) is 16.9. The van der Waals surface area contributed by atoms with E-state index in [9.17, 15) is 14.4 Å². The van der Waals surface area contributed by atoms with E-state index in [-0.39, 0.29) is 30.8 Å². The molecule has 2 aromatic carbocycles. The summed E-state index contributed by atoms with van der Waals surface area (Å²) in [5.41, 5.74) is 3.29. The molecule has 1 aliphatic heterocycles. The van der Waals surface area contributed by atoms with Gasteiger partial charge in [0.2, 0.25) is 5.91 Å². The molecule has 0 aliphatic carbocycles. The lowest BCUT2D eigenvalue weighted by molar-refractivity contribution is -0.131. The molecule has 4 amide bonds. The van der Waals surface area contributed by atoms with Crippen molar-refractivity contribution in [2.24, 2.45) is 0 Å². The number of carbonyl (C=O) groups excluding carboxylic acids is 3. The van der Waals surface area contributed by atoms with Gasteiger partial charge < -0.3 is 15.6 Å². The Bertz CT molecular complexity index is 1110. The number of para-hydroxylation sites is 1. The molecule has 7 heteroatoms. The van der Waals surface area contributed by atoms with E-state index in [0.29, 0.717) is 6.42 Å². The van der Waals surface area contributed by atoms with Crippen LogP contribution in [0.2, 0.25) is 0 Å². The fourth-order valence-corrected chi connectivity index (χ4v) is 4.12. The first-order valence-electron chi connectivity index (χ1n) is 11.0. The van der Waals surface area contributed by atoms with Gasteiger partial charge in [0.1, 0.15) is 6.04 Å². The standard InChI is InChI=1S/C25H28N4O3/c1-17(11-12-18-7-3-2-4-8-18)27-23(30)15-22-24(31)29(25(32)28-22)14-13-19-16-26-21-10-6-5-9-20(19)21/h2-10,16-17,22,26H,11-15H2,1H3,(H,27,30)(H,28,32)/t17-,22-/m0/s1. The summed E-state index contributed by atoms with van der Waals surface area (Å²) in [6.07, 6.45) is 4.08. The minimum Gasteiger partial charge on any atom is -0.361 e. The summed E-state index contributed by atoms with van der Waals surface area (Å²) in [5.74, 6) is -0.579. The number of fused-ring (bicyclic) bond motifs is 1. The number of hydrogen-bond donors (Lipinski definition) is 3. The number of benzene rings is 2. The third-order valence-electron chi connectivity index (χ3n) is 5.89. The first kappa shape index (κ1) is 21.6. The van der Waals surface area contributed by atoms with Gasteiger partial charge in [-0.15, -0.1) is 0 Å². The summed E-state index contributed by atoms with van der Waals surface area (Å²) in [7, 11) is 0. The molecule has 0 saturated carbocycles. The van der Waals surface area contributed by atoms with E-state index in [1.54, 1.807) is 0 Å². The van der Waals surface area contributed by atoms with Crippen LogP contribution in [0, 0.1) is 0 Å². The number of carbonyl (C=O) groups is 3. The zero-order valence-electron chi connectivity index (χ0n) is 18.1. The van der Waals surface area contributed by atoms with Gasteiger partial charge in [0.25, 0.3) is 5.91 Å². The third kappa shape index (κ3) is 4.99. The second kappa shape index (κ2) is 9.68. The Morgan fingerprint density at radius 3 is 2.62 bits per heavy atom. The molecule has 0 radical (unpaired) electrons. The van der Waals surface area contributed by atoms with E-state index in [0.717, 1.165) is 29.3 Å². The summed E-state index contributed by atoms with van der Waals surface area (Å²) in [6, 6.07) is 16.7. The van der Waals surface area contributed by atoms with Gasteiger partial charge in [-0.05, 0) is 43.4 Å². The number of rotatable bonds is 9. The predicted molar refractivity (Wildman–Crippen MR) is 123 cm³/mol. The smallest absolute Gasteiger partial charge is 0.324 e. The van der Waals surface area contributed by atoms with Crippen molar-refractivity contribution < 1.29 is 14.4 Å². The second-order valence-corrected chi connectivity index (χ2v) is 8.30. The average Bonchev–Trinajstić information content (AvgIpc) is 3.32. The molecule has 2 heterocycles. The van der Waals surface area contributed by atoms with Crippen LogP contribution in [0.1, 0.15) is 30.9 Å². The van der Waals surface area contributed by atoms with Crippen LogP contribution in [0.5, 0.6) is 0 Å². The van der Waals surface area contributed by atoms with Crippen LogP contribution >= 0.6 is 0 Å². The third-order valence-corrected chi connectivity index (χ3v) is 5.89. The number of H-pyrrole nitrogens is 1. The topological polar surface area (TPSA) is 94.3 Å². The molecule has 0 spiro atoms. The van der Waals surface area contributed by atoms with Crippen molar-refractivity contribution in [3.8, 4) is 0 Å². The van der Waals surface area contributed by atoms with Crippen molar-refractivity contribution in [3.63, 3.8) is 0 Å². The minimum absolute atomic E-state index is 0.0205. The summed E-state index contributed by atoms with van der Waals surface area (Å²) in [4.78, 5) is 41.9. The molecule has 3 N–H and O–H groups in total. The first-order valence-corrected chi connectivity index (χ1v) is 11.0. The number of aromatic nitrogens is 1. The van der Waals surface area contributed by atoms with Gasteiger partial charge in [0, 0.05) is 29.7 Å². The molecule has 1 saturated heterocycles. The maximum atomic E-state index is 12.7. The van der Waals surface area contributed by atoms with Gasteiger partial charge in [0.15, 0.2) is 0 Å². The van der Waals surface area contributed by atoms with E-state index >= 15 is 0 Å². The Labute approximate surface area is 187 Å². The van der Waals surface area contributed by atoms with Crippen molar-refractivity contribution >= 4 is 28.7 Å². The number of amides is 4. The van der Waals surface area contributed by atoms with Crippen molar-refractivity contribution in [2.75, 3.05) is 6.54 Å². The first-order chi connectivity index (χ1) is 15.5. The average molecular weight is 433 g/mol. The van der Waals surface area contributed by atoms with E-state index in [2.05, 4.69) is 27.8 Å². The number of aryl methyl sites for hydroxylation is 1. The van der Waals surface area contributed by atoms with E-state index in [4.69, 9.17) is 0 Å². The quantitative estimate of drug-likeness (QED) is 0.454. The van der Waals surface area contributed by atoms with Crippen LogP contribution < -0.4 is 10.6 Å². The van der Waals surface area contributed by atoms with Crippen LogP contribution in [0.15, 0.2) is 60.8 Å². The molecule has 7 nitrogen and oxygen atoms in total. The number of nitrogens with one attached hydrogen (secondary N) is 3. The Morgan fingerprint density at radius 2 is 1.81 bits per heavy atom. The molecule has 2 atom stereocenters. The Hall–Kier alpha value is -3.61. The highest BCUT2D eigenvalue weighted by Gasteiger charge is 2.38. The van der Waals surface area contributed by atoms with Gasteiger partial charge >= 0.3 is 6.03 Å². The highest BCUT2D eigenvalue weighted by Crippen LogP contribution is 2.19. The summed E-state index contributed by atoms with van der Waals surface area (Å²) < 4.78 is 0. The molecule has 3 aromatic rings. The molecular formula is C25H28N4O3. The Balaban J connectivity index is 1.26. The fourth-order valence-electron chi connectivity index (χ4n) is 4.12. The van der Waals surface area contributed by atoms with Crippen molar-refractivity contribution in [2.45, 2.75) is 44.7 Å². The van der Waals surface area contributed by atoms with Gasteiger partial charge in [0.05, 0.1) is 6.42 Å². The fraction of sp³-hybridized carbons (Fsp3) is 0.320. The lowest BCUT2D eigenvalue weighted by Gasteiger charge is -2.16. The molecule has 1 aromatic heterocycles. The molecule has 4 rings (SSSR count). The summed E-state index contributed by atoms with van der Waals surface area (Å²) >= 11 is 0. The van der Waals surface area contributed by atoms with Crippen molar-refractivity contribution in [3.05, 3.63) is 71.9 Å². The Kier molecular flexibility index (Phi) is 6.54. The maximum absolute atomic E-state index is 12.7. The lowest BCUT2D eigenvalue weighted by atomic mass is 10.1. The Morgan fingerprint density at radius 1 is 1.06 bits per heavy atom. The van der Waals surface area contributed by atoms with Crippen LogP contribution in [0.4, 0.5) is 4.79 Å². The maximum Gasteiger partial charge on any atom is 0.324 e. The summed E-state index contributed by atoms with van der Waals surface area (Å²) in [5, 5.41) is 6.67. The number of imide groups is 1. The van der Waals surface area contributed by atoms with Crippen LogP contribution in [-0.4, -0.2) is 46.4 Å². The molecule has 166 valence electrons. The van der Waals surface area contributed by atoms with Gasteiger partial charge in [-0.2, -0.15) is 0 Å². The molecule has 32 heavy (non-hydrogen) atoms. The zero-order chi connectivity index (χ0) is 22.5. The molecule has 0 unspecified atom stereocenters. The van der Waals surface area contributed by atoms with Gasteiger partial charge in [-0.1, -0.05) is 48.5 Å². The van der Waals surface area contributed by atoms with E-state index in [1.165, 1.54) is 10.5 Å². The van der Waals surface area contributed by atoms with Crippen molar-refractivity contribution in [1.82, 2.24) is 20.5 Å². The molecule has 1 aliphatic rings. The number of nitrogens with zero attached hydrogens (tertiary/aromatic N) is 1. The minimum atomic E-state index is -0.813. The largest absolute Gasteiger partial charge is 0.361 e. The SMILES string of the molecule is C[C@@H](CCc1ccccc1)NC(=O)C[C@@H]1NC(=O)N(CCc2c[nH]c3ccccc23)C1=O. The van der Waals surface area contributed by atoms with Gasteiger partial charge in [-0.25, -0.2) is 4.79 Å². The number of urea groups is 1. The van der Waals surface area contributed by atoms with Crippen LogP contribution in [-0.2, 0) is 22.4 Å². The van der Waals surface area contributed by atoms with E-state index in [1.807, 2.05) is 55.6 Å². The molecular weight excluding hydrogens is 404 g/mol. The highest BCUT2D eigenvalue weighted by molar-refractivity contribution is 6.05. The summed E-state index contributed by atoms with van der Waals surface area (Å²) in [6.45, 7) is 2.22. The highest BCUT2D eigenvalue weighted by atomic mass is 16.2.